The van der Waals surface area contributed by atoms with Crippen LogP contribution in [0.15, 0.2) is 78.9 Å². The molecule has 3 amide bonds. The van der Waals surface area contributed by atoms with Crippen LogP contribution in [-0.2, 0) is 25.7 Å². The molecule has 2 saturated heterocycles. The summed E-state index contributed by atoms with van der Waals surface area (Å²) in [6, 6.07) is 15.3. The predicted octanol–water partition coefficient (Wildman–Crippen LogP) is 3.33. The maximum Gasteiger partial charge on any atom is 0.253 e. The van der Waals surface area contributed by atoms with Gasteiger partial charge in [-0.2, -0.15) is 0 Å². The number of anilines is 1. The van der Waals surface area contributed by atoms with E-state index in [4.69, 9.17) is 9.47 Å². The van der Waals surface area contributed by atoms with Gasteiger partial charge in [-0.1, -0.05) is 68.5 Å². The lowest BCUT2D eigenvalue weighted by Crippen LogP contribution is -2.59. The van der Waals surface area contributed by atoms with Crippen LogP contribution < -0.4 is 9.64 Å². The number of likely N-dealkylation sites (tertiary alicyclic amines) is 1. The van der Waals surface area contributed by atoms with Gasteiger partial charge in [-0.05, 0) is 42.7 Å². The Morgan fingerprint density at radius 2 is 1.65 bits per heavy atom. The van der Waals surface area contributed by atoms with E-state index in [0.717, 1.165) is 5.56 Å². The van der Waals surface area contributed by atoms with Crippen molar-refractivity contribution in [3.8, 4) is 5.75 Å². The van der Waals surface area contributed by atoms with Crippen LogP contribution in [0.2, 0.25) is 0 Å². The first-order valence-electron chi connectivity index (χ1n) is 15.1. The fourth-order valence-electron chi connectivity index (χ4n) is 7.50. The molecule has 4 aliphatic heterocycles. The number of hydrogen-bond donors (Lipinski definition) is 1. The first-order chi connectivity index (χ1) is 20.8. The minimum Gasteiger partial charge on any atom is -0.497 e. The first kappa shape index (κ1) is 29.1. The van der Waals surface area contributed by atoms with Gasteiger partial charge in [-0.15, -0.1) is 0 Å². The Morgan fingerprint density at radius 1 is 0.930 bits per heavy atom. The number of amides is 3. The van der Waals surface area contributed by atoms with Crippen molar-refractivity contribution in [1.82, 2.24) is 9.80 Å². The van der Waals surface area contributed by atoms with Gasteiger partial charge in [0.15, 0.2) is 0 Å². The number of hydrogen-bond acceptors (Lipinski definition) is 6. The molecule has 0 radical (unpaired) electrons. The third-order valence-electron chi connectivity index (χ3n) is 9.64. The zero-order valence-electron chi connectivity index (χ0n) is 24.9. The van der Waals surface area contributed by atoms with Crippen LogP contribution in [0.3, 0.4) is 0 Å². The smallest absolute Gasteiger partial charge is 0.253 e. The van der Waals surface area contributed by atoms with E-state index < -0.39 is 35.1 Å². The van der Waals surface area contributed by atoms with Crippen molar-refractivity contribution in [2.75, 3.05) is 31.7 Å². The SMILES string of the molecule is CC[C@@H](CO)N1C(=O)[C@@H]2[C@H]3C(=O)N(Cc4ccccc4)CC=C[C@@]3(CC)O[C@@]23C=CCN(c2ccc(OC)cc2)C(=O)C13. The highest BCUT2D eigenvalue weighted by atomic mass is 16.5. The number of fused-ring (bicyclic) bond motifs is 2. The molecule has 4 heterocycles. The van der Waals surface area contributed by atoms with Crippen molar-refractivity contribution in [3.63, 3.8) is 0 Å². The number of carbonyl (C=O) groups is 3. The third kappa shape index (κ3) is 4.48. The largest absolute Gasteiger partial charge is 0.497 e. The van der Waals surface area contributed by atoms with E-state index in [0.29, 0.717) is 37.4 Å². The monoisotopic (exact) mass is 585 g/mol. The Labute approximate surface area is 252 Å². The molecule has 6 atom stereocenters. The molecule has 1 N–H and O–H groups in total. The van der Waals surface area contributed by atoms with E-state index in [1.807, 2.05) is 80.6 Å². The summed E-state index contributed by atoms with van der Waals surface area (Å²) in [5.74, 6) is -1.90. The van der Waals surface area contributed by atoms with E-state index >= 15 is 0 Å². The second-order valence-corrected chi connectivity index (χ2v) is 11.8. The van der Waals surface area contributed by atoms with Crippen molar-refractivity contribution in [1.29, 1.82) is 0 Å². The van der Waals surface area contributed by atoms with Gasteiger partial charge >= 0.3 is 0 Å². The number of rotatable bonds is 8. The average Bonchev–Trinajstić information content (AvgIpc) is 3.33. The summed E-state index contributed by atoms with van der Waals surface area (Å²) in [5.41, 5.74) is -0.796. The maximum absolute atomic E-state index is 14.7. The predicted molar refractivity (Wildman–Crippen MR) is 161 cm³/mol. The Balaban J connectivity index is 1.46. The molecule has 0 bridgehead atoms. The van der Waals surface area contributed by atoms with Gasteiger partial charge < -0.3 is 29.3 Å². The molecule has 2 aromatic carbocycles. The zero-order chi connectivity index (χ0) is 30.4. The minimum absolute atomic E-state index is 0.166. The maximum atomic E-state index is 14.7. The lowest BCUT2D eigenvalue weighted by Gasteiger charge is -2.40. The molecule has 0 aromatic heterocycles. The number of ether oxygens (including phenoxy) is 2. The molecule has 2 aromatic rings. The first-order valence-corrected chi connectivity index (χ1v) is 15.1. The van der Waals surface area contributed by atoms with Gasteiger partial charge in [-0.3, -0.25) is 14.4 Å². The summed E-state index contributed by atoms with van der Waals surface area (Å²) in [4.78, 5) is 48.8. The van der Waals surface area contributed by atoms with Crippen molar-refractivity contribution < 1.29 is 29.0 Å². The van der Waals surface area contributed by atoms with Crippen molar-refractivity contribution >= 4 is 23.4 Å². The summed E-state index contributed by atoms with van der Waals surface area (Å²) in [6.45, 7) is 4.59. The minimum atomic E-state index is -1.38. The third-order valence-corrected chi connectivity index (χ3v) is 9.64. The summed E-state index contributed by atoms with van der Waals surface area (Å²) in [7, 11) is 1.58. The molecule has 1 unspecified atom stereocenters. The molecule has 9 heteroatoms. The number of benzene rings is 2. The fraction of sp³-hybridized carbons (Fsp3) is 0.441. The molecular formula is C34H39N3O6. The van der Waals surface area contributed by atoms with Crippen molar-refractivity contribution in [2.24, 2.45) is 11.8 Å². The van der Waals surface area contributed by atoms with Crippen molar-refractivity contribution in [2.45, 2.75) is 56.5 Å². The Kier molecular flexibility index (Phi) is 7.64. The molecule has 6 rings (SSSR count). The van der Waals surface area contributed by atoms with E-state index in [1.165, 1.54) is 4.90 Å². The second kappa shape index (κ2) is 11.3. The lowest BCUT2D eigenvalue weighted by atomic mass is 9.73. The Bertz CT molecular complexity index is 1440. The summed E-state index contributed by atoms with van der Waals surface area (Å²) >= 11 is 0. The van der Waals surface area contributed by atoms with Gasteiger partial charge in [0.25, 0.3) is 5.91 Å². The number of carbonyl (C=O) groups excluding carboxylic acids is 3. The standard InChI is InChI=1S/C34H39N3O6/c1-4-24(22-38)37-29-32(41)36(25-13-15-26(42-3)16-14-25)20-10-18-34(29)28(31(37)40)27-30(39)35(21-23-11-7-6-8-12-23)19-9-17-33(27,5-2)43-34/h6-18,24,27-29,38H,4-5,19-22H2,1-3H3/t24-,27-,28-,29?,33+,34-/m0/s1. The highest BCUT2D eigenvalue weighted by Gasteiger charge is 2.75. The van der Waals surface area contributed by atoms with Crippen LogP contribution in [0.4, 0.5) is 5.69 Å². The molecule has 0 saturated carbocycles. The van der Waals surface area contributed by atoms with E-state index in [1.54, 1.807) is 29.0 Å². The quantitative estimate of drug-likeness (QED) is 0.478. The molecular weight excluding hydrogens is 546 g/mol. The molecule has 4 aliphatic rings. The normalized spacial score (nSPS) is 30.6. The van der Waals surface area contributed by atoms with Crippen LogP contribution in [0, 0.1) is 11.8 Å². The molecule has 43 heavy (non-hydrogen) atoms. The number of aliphatic hydroxyl groups is 1. The highest BCUT2D eigenvalue weighted by molar-refractivity contribution is 6.06. The van der Waals surface area contributed by atoms with Crippen LogP contribution >= 0.6 is 0 Å². The molecule has 9 nitrogen and oxygen atoms in total. The summed E-state index contributed by atoms with van der Waals surface area (Å²) in [6.07, 6.45) is 8.51. The van der Waals surface area contributed by atoms with Crippen LogP contribution in [-0.4, -0.2) is 82.7 Å². The van der Waals surface area contributed by atoms with E-state index in [9.17, 15) is 19.5 Å². The van der Waals surface area contributed by atoms with Gasteiger partial charge in [0.05, 0.1) is 37.2 Å². The Morgan fingerprint density at radius 3 is 2.30 bits per heavy atom. The van der Waals surface area contributed by atoms with Gasteiger partial charge in [-0.25, -0.2) is 0 Å². The molecule has 1 spiro atoms. The van der Waals surface area contributed by atoms with E-state index in [2.05, 4.69) is 0 Å². The van der Waals surface area contributed by atoms with Gasteiger partial charge in [0.2, 0.25) is 11.8 Å². The zero-order valence-corrected chi connectivity index (χ0v) is 24.9. The molecule has 226 valence electrons. The highest BCUT2D eigenvalue weighted by Crippen LogP contribution is 2.59. The molecule has 2 fully saturated rings. The number of aliphatic hydroxyl groups excluding tert-OH is 1. The van der Waals surface area contributed by atoms with E-state index in [-0.39, 0.29) is 30.9 Å². The van der Waals surface area contributed by atoms with Gasteiger partial charge in [0, 0.05) is 25.3 Å². The number of nitrogens with zero attached hydrogens (tertiary/aromatic N) is 3. The fourth-order valence-corrected chi connectivity index (χ4v) is 7.50. The lowest BCUT2D eigenvalue weighted by molar-refractivity contribution is -0.153. The van der Waals surface area contributed by atoms with Crippen LogP contribution in [0.25, 0.3) is 0 Å². The second-order valence-electron chi connectivity index (χ2n) is 11.8. The summed E-state index contributed by atoms with van der Waals surface area (Å²) in [5, 5.41) is 10.4. The number of methoxy groups -OCH3 is 1. The topological polar surface area (TPSA) is 99.6 Å². The summed E-state index contributed by atoms with van der Waals surface area (Å²) < 4.78 is 12.4. The van der Waals surface area contributed by atoms with Crippen molar-refractivity contribution in [3.05, 3.63) is 84.5 Å². The van der Waals surface area contributed by atoms with Crippen LogP contribution in [0.1, 0.15) is 32.3 Å². The average molecular weight is 586 g/mol. The Hall–Kier alpha value is -3.95. The van der Waals surface area contributed by atoms with Crippen LogP contribution in [0.5, 0.6) is 5.75 Å². The molecule has 0 aliphatic carbocycles. The van der Waals surface area contributed by atoms with Gasteiger partial charge in [0.1, 0.15) is 17.4 Å².